The van der Waals surface area contributed by atoms with Crippen LogP contribution in [-0.4, -0.2) is 22.7 Å². The summed E-state index contributed by atoms with van der Waals surface area (Å²) in [7, 11) is 0. The van der Waals surface area contributed by atoms with Crippen LogP contribution in [0.3, 0.4) is 0 Å². The van der Waals surface area contributed by atoms with E-state index in [2.05, 4.69) is 16.1 Å². The molecule has 52 valence electrons. The van der Waals surface area contributed by atoms with Gasteiger partial charge in [0.15, 0.2) is 6.34 Å². The normalized spacial score (nSPS) is 7.56. The number of hydrazone groups is 1. The molecule has 0 fully saturated rings. The smallest absolute Gasteiger partial charge is 0.450 e. The van der Waals surface area contributed by atoms with Crippen LogP contribution in [0.25, 0.3) is 0 Å². The summed E-state index contributed by atoms with van der Waals surface area (Å²) in [6.45, 7) is 0. The van der Waals surface area contributed by atoms with Gasteiger partial charge in [0, 0.05) is 0 Å². The lowest BCUT2D eigenvalue weighted by Crippen LogP contribution is -1.81. The number of hydrogen-bond donors (Lipinski definition) is 4. The molecule has 7 heteroatoms. The third kappa shape index (κ3) is 1030. The third-order valence-corrected chi connectivity index (χ3v) is 0.124. The van der Waals surface area contributed by atoms with E-state index in [4.69, 9.17) is 20.5 Å². The summed E-state index contributed by atoms with van der Waals surface area (Å²) < 4.78 is 0. The standard InChI is InChI=1S/CH4N4.CH2O3/c2-4-1-5-3;2-1(3)4/h1-2H,3H2;(H2,2,3,4). The number of rotatable bonds is 1. The Morgan fingerprint density at radius 3 is 2.00 bits per heavy atom. The van der Waals surface area contributed by atoms with Crippen molar-refractivity contribution >= 4 is 12.5 Å². The van der Waals surface area contributed by atoms with E-state index in [-0.39, 0.29) is 0 Å². The zero-order valence-corrected chi connectivity index (χ0v) is 4.35. The minimum atomic E-state index is -1.83. The second kappa shape index (κ2) is 9.60. The minimum absolute atomic E-state index is 0.944. The molecule has 0 bridgehead atoms. The number of carbonyl (C=O) groups is 1. The molecular weight excluding hydrogens is 128 g/mol. The van der Waals surface area contributed by atoms with E-state index in [1.54, 1.807) is 0 Å². The van der Waals surface area contributed by atoms with Crippen molar-refractivity contribution in [3.63, 3.8) is 0 Å². The van der Waals surface area contributed by atoms with Gasteiger partial charge < -0.3 is 16.1 Å². The highest BCUT2D eigenvalue weighted by Crippen LogP contribution is 1.44. The van der Waals surface area contributed by atoms with Gasteiger partial charge in [0.1, 0.15) is 0 Å². The number of nitrogens with zero attached hydrogens (tertiary/aromatic N) is 2. The maximum atomic E-state index is 8.56. The Balaban J connectivity index is 0. The van der Waals surface area contributed by atoms with E-state index in [0.717, 1.165) is 6.34 Å². The Kier molecular flexibility index (Phi) is 11.0. The maximum absolute atomic E-state index is 8.56. The summed E-state index contributed by atoms with van der Waals surface area (Å²) in [5.41, 5.74) is 6.00. The largest absolute Gasteiger partial charge is 0.503 e. The molecular formula is C2H6N4O3. The van der Waals surface area contributed by atoms with Crippen LogP contribution >= 0.6 is 0 Å². The van der Waals surface area contributed by atoms with E-state index in [1.165, 1.54) is 0 Å². The second-order valence-corrected chi connectivity index (χ2v) is 0.676. The van der Waals surface area contributed by atoms with Crippen molar-refractivity contribution < 1.29 is 15.0 Å². The average Bonchev–Trinajstić information content (AvgIpc) is 1.66. The van der Waals surface area contributed by atoms with Gasteiger partial charge in [-0.05, 0) is 0 Å². The SMILES string of the molecule is N=NC=NN.O=C(O)O. The molecule has 0 heterocycles. The predicted molar refractivity (Wildman–Crippen MR) is 28.5 cm³/mol. The van der Waals surface area contributed by atoms with Crippen molar-refractivity contribution in [2.45, 2.75) is 0 Å². The molecule has 0 aliphatic carbocycles. The van der Waals surface area contributed by atoms with E-state index in [1.807, 2.05) is 0 Å². The topological polar surface area (TPSA) is 132 Å². The zero-order valence-electron chi connectivity index (χ0n) is 4.35. The molecule has 0 aliphatic heterocycles. The monoisotopic (exact) mass is 134 g/mol. The molecule has 0 aromatic heterocycles. The van der Waals surface area contributed by atoms with Crippen LogP contribution in [0.2, 0.25) is 0 Å². The van der Waals surface area contributed by atoms with Gasteiger partial charge in [-0.1, -0.05) is 0 Å². The van der Waals surface area contributed by atoms with Crippen molar-refractivity contribution in [1.82, 2.24) is 0 Å². The van der Waals surface area contributed by atoms with E-state index < -0.39 is 6.16 Å². The Labute approximate surface area is 50.3 Å². The van der Waals surface area contributed by atoms with Gasteiger partial charge >= 0.3 is 6.16 Å². The molecule has 0 aromatic rings. The van der Waals surface area contributed by atoms with Crippen LogP contribution in [-0.2, 0) is 0 Å². The second-order valence-electron chi connectivity index (χ2n) is 0.676. The zero-order chi connectivity index (χ0) is 7.70. The summed E-state index contributed by atoms with van der Waals surface area (Å²) in [6.07, 6.45) is -0.889. The Hall–Kier alpha value is -1.66. The molecule has 5 N–H and O–H groups in total. The number of nitrogens with one attached hydrogen (secondary N) is 1. The van der Waals surface area contributed by atoms with Crippen LogP contribution in [0.1, 0.15) is 0 Å². The van der Waals surface area contributed by atoms with Crippen molar-refractivity contribution in [3.8, 4) is 0 Å². The van der Waals surface area contributed by atoms with E-state index >= 15 is 0 Å². The third-order valence-electron chi connectivity index (χ3n) is 0.124. The first kappa shape index (κ1) is 10.3. The Morgan fingerprint density at radius 1 is 1.67 bits per heavy atom. The predicted octanol–water partition coefficient (Wildman–Crippen LogP) is 0.142. The lowest BCUT2D eigenvalue weighted by Gasteiger charge is -1.60. The molecule has 0 atom stereocenters. The number of nitrogens with two attached hydrogens (primary N) is 1. The fourth-order valence-corrected chi connectivity index (χ4v) is 0.0333. The van der Waals surface area contributed by atoms with Crippen molar-refractivity contribution in [3.05, 3.63) is 0 Å². The fraction of sp³-hybridized carbons (Fsp3) is 0. The number of hydrogen-bond acceptors (Lipinski definition) is 4. The first-order valence-electron chi connectivity index (χ1n) is 1.65. The molecule has 0 rings (SSSR count). The van der Waals surface area contributed by atoms with Crippen LogP contribution in [0.15, 0.2) is 10.2 Å². The van der Waals surface area contributed by atoms with Crippen LogP contribution < -0.4 is 5.84 Å². The van der Waals surface area contributed by atoms with Crippen LogP contribution in [0.5, 0.6) is 0 Å². The van der Waals surface area contributed by atoms with Gasteiger partial charge in [-0.15, -0.1) is 5.11 Å². The molecule has 0 unspecified atom stereocenters. The van der Waals surface area contributed by atoms with E-state index in [9.17, 15) is 0 Å². The highest BCUT2D eigenvalue weighted by atomic mass is 16.6. The summed E-state index contributed by atoms with van der Waals surface area (Å²) in [4.78, 5) is 8.56. The summed E-state index contributed by atoms with van der Waals surface area (Å²) in [5, 5.41) is 19.5. The van der Waals surface area contributed by atoms with Crippen molar-refractivity contribution in [2.75, 3.05) is 0 Å². The molecule has 0 spiro atoms. The average molecular weight is 134 g/mol. The molecule has 0 radical (unpaired) electrons. The van der Waals surface area contributed by atoms with Gasteiger partial charge in [0.25, 0.3) is 0 Å². The van der Waals surface area contributed by atoms with Crippen LogP contribution in [0.4, 0.5) is 4.79 Å². The summed E-state index contributed by atoms with van der Waals surface area (Å²) in [6, 6.07) is 0. The summed E-state index contributed by atoms with van der Waals surface area (Å²) in [5.74, 6) is 4.49. The highest BCUT2D eigenvalue weighted by Gasteiger charge is 1.70. The molecule has 0 aliphatic rings. The van der Waals surface area contributed by atoms with Crippen LogP contribution in [0, 0.1) is 5.53 Å². The van der Waals surface area contributed by atoms with Gasteiger partial charge in [-0.2, -0.15) is 5.10 Å². The lowest BCUT2D eigenvalue weighted by molar-refractivity contribution is 0.137. The highest BCUT2D eigenvalue weighted by molar-refractivity contribution is 5.53. The first-order valence-corrected chi connectivity index (χ1v) is 1.65. The molecule has 0 amide bonds. The molecule has 0 saturated heterocycles. The molecule has 9 heavy (non-hydrogen) atoms. The van der Waals surface area contributed by atoms with Crippen molar-refractivity contribution in [2.24, 2.45) is 16.1 Å². The Bertz CT molecular complexity index is 106. The van der Waals surface area contributed by atoms with Gasteiger partial charge in [-0.25, -0.2) is 10.3 Å². The quantitative estimate of drug-likeness (QED) is 0.133. The van der Waals surface area contributed by atoms with Gasteiger partial charge in [-0.3, -0.25) is 0 Å². The summed E-state index contributed by atoms with van der Waals surface area (Å²) >= 11 is 0. The van der Waals surface area contributed by atoms with Gasteiger partial charge in [0.2, 0.25) is 0 Å². The number of carboxylic acid groups (broad SMARTS) is 2. The molecule has 7 nitrogen and oxygen atoms in total. The molecule has 0 aromatic carbocycles. The van der Waals surface area contributed by atoms with E-state index in [0.29, 0.717) is 0 Å². The maximum Gasteiger partial charge on any atom is 0.503 e. The fourth-order valence-electron chi connectivity index (χ4n) is 0.0333. The van der Waals surface area contributed by atoms with Gasteiger partial charge in [0.05, 0.1) is 0 Å². The first-order chi connectivity index (χ1) is 4.15. The Morgan fingerprint density at radius 2 is 2.00 bits per heavy atom. The van der Waals surface area contributed by atoms with Crippen molar-refractivity contribution in [1.29, 1.82) is 5.53 Å². The minimum Gasteiger partial charge on any atom is -0.450 e. The lowest BCUT2D eigenvalue weighted by atomic mass is 11.4. The molecule has 0 saturated carbocycles.